The fraction of sp³-hybridized carbons (Fsp3) is 0.294. The predicted octanol–water partition coefficient (Wildman–Crippen LogP) is 2.92. The lowest BCUT2D eigenvalue weighted by Gasteiger charge is -2.26. The number of likely N-dealkylation sites (tertiary alicyclic amines) is 1. The normalized spacial score (nSPS) is 23.3. The Labute approximate surface area is 142 Å². The molecule has 1 saturated heterocycles. The lowest BCUT2D eigenvalue weighted by molar-refractivity contribution is -0.118. The van der Waals surface area contributed by atoms with E-state index in [0.29, 0.717) is 11.8 Å². The molecule has 3 aliphatic heterocycles. The number of amides is 1. The highest BCUT2D eigenvalue weighted by Gasteiger charge is 2.35. The van der Waals surface area contributed by atoms with Crippen LogP contribution in [-0.2, 0) is 4.79 Å². The van der Waals surface area contributed by atoms with Crippen LogP contribution in [0.5, 0.6) is 0 Å². The molecule has 0 aromatic heterocycles. The first kappa shape index (κ1) is 14.5. The number of allylic oxidation sites excluding steroid dienone is 1. The molecule has 23 heavy (non-hydrogen) atoms. The van der Waals surface area contributed by atoms with Gasteiger partial charge in [0.2, 0.25) is 5.96 Å². The van der Waals surface area contributed by atoms with Gasteiger partial charge in [0.25, 0.3) is 5.91 Å². The van der Waals surface area contributed by atoms with Crippen molar-refractivity contribution in [2.75, 3.05) is 13.1 Å². The fourth-order valence-electron chi connectivity index (χ4n) is 3.10. The molecule has 6 heteroatoms. The van der Waals surface area contributed by atoms with E-state index >= 15 is 0 Å². The Morgan fingerprint density at radius 2 is 1.83 bits per heavy atom. The number of benzene rings is 1. The molecule has 0 bridgehead atoms. The Hall–Kier alpha value is -2.08. The summed E-state index contributed by atoms with van der Waals surface area (Å²) in [6.07, 6.45) is 5.83. The van der Waals surface area contributed by atoms with Crippen molar-refractivity contribution in [2.45, 2.75) is 12.8 Å². The minimum absolute atomic E-state index is 0.178. The van der Waals surface area contributed by atoms with Crippen LogP contribution in [0.3, 0.4) is 0 Å². The standard InChI is InChI=1S/C17H15BrN4O/c18-12-5-3-11(4-6-12)13-7-8-19-15-14(13)16(23)21-17(20-15)22-9-1-2-10-22/h3-8,14H,1-2,9-10H2. The monoisotopic (exact) mass is 370 g/mol. The first-order chi connectivity index (χ1) is 11.2. The van der Waals surface area contributed by atoms with E-state index in [9.17, 15) is 4.79 Å². The Morgan fingerprint density at radius 3 is 2.57 bits per heavy atom. The number of fused-ring (bicyclic) bond motifs is 1. The molecular formula is C17H15BrN4O. The second-order valence-electron chi connectivity index (χ2n) is 5.75. The second-order valence-corrected chi connectivity index (χ2v) is 6.67. The number of dihydropyridines is 1. The summed E-state index contributed by atoms with van der Waals surface area (Å²) in [7, 11) is 0. The number of hydrogen-bond acceptors (Lipinski definition) is 4. The van der Waals surface area contributed by atoms with Crippen molar-refractivity contribution >= 4 is 45.4 Å². The fourth-order valence-corrected chi connectivity index (χ4v) is 3.36. The first-order valence-electron chi connectivity index (χ1n) is 7.68. The van der Waals surface area contributed by atoms with Crippen molar-refractivity contribution in [2.24, 2.45) is 20.9 Å². The number of nitrogens with zero attached hydrogens (tertiary/aromatic N) is 4. The van der Waals surface area contributed by atoms with Crippen LogP contribution in [0.15, 0.2) is 49.8 Å². The number of aliphatic imine (C=N–C) groups is 3. The van der Waals surface area contributed by atoms with Crippen LogP contribution in [0.4, 0.5) is 0 Å². The zero-order valence-corrected chi connectivity index (χ0v) is 14.0. The number of amidine groups is 1. The highest BCUT2D eigenvalue weighted by atomic mass is 79.9. The molecule has 5 nitrogen and oxygen atoms in total. The molecule has 4 rings (SSSR count). The maximum atomic E-state index is 12.6. The van der Waals surface area contributed by atoms with Gasteiger partial charge in [0.15, 0.2) is 0 Å². The Kier molecular flexibility index (Phi) is 3.69. The maximum absolute atomic E-state index is 12.6. The van der Waals surface area contributed by atoms with Crippen LogP contribution in [-0.4, -0.2) is 41.9 Å². The summed E-state index contributed by atoms with van der Waals surface area (Å²) in [6, 6.07) is 7.90. The van der Waals surface area contributed by atoms with E-state index in [1.165, 1.54) is 0 Å². The molecule has 0 N–H and O–H groups in total. The van der Waals surface area contributed by atoms with Crippen molar-refractivity contribution in [1.82, 2.24) is 4.90 Å². The summed E-state index contributed by atoms with van der Waals surface area (Å²) < 4.78 is 1.00. The van der Waals surface area contributed by atoms with Crippen molar-refractivity contribution in [3.05, 3.63) is 40.4 Å². The Balaban J connectivity index is 1.68. The molecule has 1 unspecified atom stereocenters. The van der Waals surface area contributed by atoms with Crippen LogP contribution in [0.25, 0.3) is 5.57 Å². The van der Waals surface area contributed by atoms with Crippen molar-refractivity contribution < 1.29 is 4.79 Å². The molecule has 1 aromatic rings. The van der Waals surface area contributed by atoms with Gasteiger partial charge in [-0.15, -0.1) is 0 Å². The van der Waals surface area contributed by atoms with Gasteiger partial charge in [0.05, 0.1) is 0 Å². The van der Waals surface area contributed by atoms with Crippen molar-refractivity contribution in [3.8, 4) is 0 Å². The van der Waals surface area contributed by atoms with E-state index in [1.807, 2.05) is 30.3 Å². The molecule has 1 amide bonds. The average molecular weight is 371 g/mol. The highest BCUT2D eigenvalue weighted by molar-refractivity contribution is 9.10. The van der Waals surface area contributed by atoms with Crippen molar-refractivity contribution in [3.63, 3.8) is 0 Å². The molecule has 3 heterocycles. The number of halogens is 1. The van der Waals surface area contributed by atoms with Gasteiger partial charge in [-0.2, -0.15) is 9.98 Å². The molecule has 116 valence electrons. The quantitative estimate of drug-likeness (QED) is 0.762. The molecule has 0 spiro atoms. The third-order valence-electron chi connectivity index (χ3n) is 4.27. The van der Waals surface area contributed by atoms with Gasteiger partial charge in [-0.05, 0) is 42.2 Å². The molecule has 1 atom stereocenters. The lowest BCUT2D eigenvalue weighted by Crippen LogP contribution is -2.36. The lowest BCUT2D eigenvalue weighted by atomic mass is 9.88. The zero-order chi connectivity index (χ0) is 15.8. The van der Waals surface area contributed by atoms with Gasteiger partial charge in [-0.3, -0.25) is 4.79 Å². The second kappa shape index (κ2) is 5.85. The van der Waals surface area contributed by atoms with Crippen LogP contribution in [0, 0.1) is 5.92 Å². The minimum Gasteiger partial charge on any atom is -0.341 e. The number of carbonyl (C=O) groups is 1. The van der Waals surface area contributed by atoms with Gasteiger partial charge in [-0.1, -0.05) is 28.1 Å². The van der Waals surface area contributed by atoms with E-state index in [4.69, 9.17) is 0 Å². The van der Waals surface area contributed by atoms with Gasteiger partial charge in [0, 0.05) is 23.8 Å². The smallest absolute Gasteiger partial charge is 0.264 e. The molecule has 0 aliphatic carbocycles. The van der Waals surface area contributed by atoms with Gasteiger partial charge < -0.3 is 4.90 Å². The average Bonchev–Trinajstić information content (AvgIpc) is 3.09. The summed E-state index contributed by atoms with van der Waals surface area (Å²) in [5, 5.41) is 0. The number of hydrogen-bond donors (Lipinski definition) is 0. The molecule has 0 saturated carbocycles. The Bertz CT molecular complexity index is 770. The van der Waals surface area contributed by atoms with Gasteiger partial charge >= 0.3 is 0 Å². The SMILES string of the molecule is O=C1N=C(N2CCCC2)N=C2N=CC=C(c3ccc(Br)cc3)C12. The number of rotatable bonds is 1. The van der Waals surface area contributed by atoms with Crippen LogP contribution >= 0.6 is 15.9 Å². The molecule has 1 fully saturated rings. The number of carbonyl (C=O) groups excluding carboxylic acids is 1. The van der Waals surface area contributed by atoms with E-state index < -0.39 is 5.92 Å². The van der Waals surface area contributed by atoms with Gasteiger partial charge in [-0.25, -0.2) is 4.99 Å². The van der Waals surface area contributed by atoms with Crippen LogP contribution in [0.2, 0.25) is 0 Å². The maximum Gasteiger partial charge on any atom is 0.264 e. The molecule has 0 radical (unpaired) electrons. The predicted molar refractivity (Wildman–Crippen MR) is 94.8 cm³/mol. The third-order valence-corrected chi connectivity index (χ3v) is 4.80. The van der Waals surface area contributed by atoms with E-state index in [2.05, 4.69) is 35.8 Å². The highest BCUT2D eigenvalue weighted by Crippen LogP contribution is 2.31. The third kappa shape index (κ3) is 2.67. The van der Waals surface area contributed by atoms with Gasteiger partial charge in [0.1, 0.15) is 11.8 Å². The summed E-state index contributed by atoms with van der Waals surface area (Å²) in [6.45, 7) is 1.82. The summed E-state index contributed by atoms with van der Waals surface area (Å²) in [5.41, 5.74) is 1.89. The Morgan fingerprint density at radius 1 is 1.09 bits per heavy atom. The molecule has 3 aliphatic rings. The largest absolute Gasteiger partial charge is 0.341 e. The summed E-state index contributed by atoms with van der Waals surface area (Å²) in [5.74, 6) is 0.399. The van der Waals surface area contributed by atoms with E-state index in [0.717, 1.165) is 41.5 Å². The topological polar surface area (TPSA) is 57.4 Å². The summed E-state index contributed by atoms with van der Waals surface area (Å²) in [4.78, 5) is 27.8. The van der Waals surface area contributed by atoms with Crippen LogP contribution < -0.4 is 0 Å². The molecular weight excluding hydrogens is 356 g/mol. The summed E-state index contributed by atoms with van der Waals surface area (Å²) >= 11 is 3.43. The number of guanidine groups is 1. The van der Waals surface area contributed by atoms with Crippen LogP contribution in [0.1, 0.15) is 18.4 Å². The molecule has 1 aromatic carbocycles. The van der Waals surface area contributed by atoms with E-state index in [-0.39, 0.29) is 5.91 Å². The zero-order valence-electron chi connectivity index (χ0n) is 12.4. The minimum atomic E-state index is -0.493. The first-order valence-corrected chi connectivity index (χ1v) is 8.48. The van der Waals surface area contributed by atoms with E-state index in [1.54, 1.807) is 6.21 Å². The van der Waals surface area contributed by atoms with Crippen molar-refractivity contribution in [1.29, 1.82) is 0 Å².